The van der Waals surface area contributed by atoms with E-state index in [0.717, 1.165) is 11.4 Å². The van der Waals surface area contributed by atoms with E-state index in [1.807, 2.05) is 43.3 Å². The highest BCUT2D eigenvalue weighted by Gasteiger charge is 2.01. The number of aromatic nitrogens is 2. The van der Waals surface area contributed by atoms with Gasteiger partial charge >= 0.3 is 0 Å². The van der Waals surface area contributed by atoms with Crippen molar-refractivity contribution < 1.29 is 4.84 Å². The largest absolute Gasteiger partial charge is 0.399 e. The first-order chi connectivity index (χ1) is 8.78. The summed E-state index contributed by atoms with van der Waals surface area (Å²) in [5.74, 6) is 0.541. The minimum atomic E-state index is 0.541. The van der Waals surface area contributed by atoms with Crippen LogP contribution in [0, 0.1) is 6.92 Å². The molecule has 0 bridgehead atoms. The van der Waals surface area contributed by atoms with Crippen LogP contribution >= 0.6 is 0 Å². The quantitative estimate of drug-likeness (QED) is 0.661. The second-order valence-corrected chi connectivity index (χ2v) is 3.67. The zero-order valence-corrected chi connectivity index (χ0v) is 10.3. The van der Waals surface area contributed by atoms with Crippen LogP contribution in [0.25, 0.3) is 0 Å². The maximum Gasteiger partial charge on any atom is 0.228 e. The second-order valence-electron chi connectivity index (χ2n) is 3.67. The highest BCUT2D eigenvalue weighted by molar-refractivity contribution is 5.77. The third-order valence-electron chi connectivity index (χ3n) is 2.19. The van der Waals surface area contributed by atoms with Gasteiger partial charge in [0.25, 0.3) is 0 Å². The Hall–Kier alpha value is -2.43. The Morgan fingerprint density at radius 2 is 2.00 bits per heavy atom. The van der Waals surface area contributed by atoms with Crippen LogP contribution in [0.3, 0.4) is 0 Å². The topological polar surface area (TPSA) is 59.4 Å². The van der Waals surface area contributed by atoms with Gasteiger partial charge in [0.2, 0.25) is 5.95 Å². The molecule has 5 heteroatoms. The molecule has 0 spiro atoms. The molecule has 1 heterocycles. The summed E-state index contributed by atoms with van der Waals surface area (Å²) < 4.78 is 0. The molecule has 0 atom stereocenters. The van der Waals surface area contributed by atoms with Crippen LogP contribution in [-0.4, -0.2) is 23.3 Å². The summed E-state index contributed by atoms with van der Waals surface area (Å²) in [6.45, 7) is 1.90. The zero-order valence-electron chi connectivity index (χ0n) is 10.3. The highest BCUT2D eigenvalue weighted by Crippen LogP contribution is 2.12. The third kappa shape index (κ3) is 3.28. The number of nitrogens with zero attached hydrogens (tertiary/aromatic N) is 3. The first kappa shape index (κ1) is 12.0. The molecular weight excluding hydrogens is 228 g/mol. The van der Waals surface area contributed by atoms with Gasteiger partial charge in [-0.1, -0.05) is 23.4 Å². The second kappa shape index (κ2) is 5.77. The Morgan fingerprint density at radius 3 is 2.72 bits per heavy atom. The maximum absolute atomic E-state index is 4.63. The Bertz CT molecular complexity index is 540. The molecule has 0 radical (unpaired) electrons. The van der Waals surface area contributed by atoms with E-state index in [-0.39, 0.29) is 0 Å². The molecule has 0 saturated carbocycles. The first-order valence-electron chi connectivity index (χ1n) is 5.52. The number of rotatable bonds is 4. The lowest BCUT2D eigenvalue weighted by molar-refractivity contribution is 0.215. The normalized spacial score (nSPS) is 10.6. The molecule has 1 N–H and O–H groups in total. The third-order valence-corrected chi connectivity index (χ3v) is 2.19. The molecule has 2 rings (SSSR count). The van der Waals surface area contributed by atoms with Gasteiger partial charge in [0.15, 0.2) is 0 Å². The number of benzene rings is 1. The molecule has 0 fully saturated rings. The van der Waals surface area contributed by atoms with Gasteiger partial charge in [0.05, 0.1) is 11.9 Å². The predicted molar refractivity (Wildman–Crippen MR) is 71.1 cm³/mol. The summed E-state index contributed by atoms with van der Waals surface area (Å²) in [4.78, 5) is 13.3. The number of anilines is 2. The molecule has 5 nitrogen and oxygen atoms in total. The van der Waals surface area contributed by atoms with Crippen LogP contribution in [0.15, 0.2) is 41.6 Å². The van der Waals surface area contributed by atoms with Crippen molar-refractivity contribution in [2.24, 2.45) is 5.16 Å². The monoisotopic (exact) mass is 242 g/mol. The lowest BCUT2D eigenvalue weighted by atomic mass is 10.3. The summed E-state index contributed by atoms with van der Waals surface area (Å²) in [6.07, 6.45) is 1.55. The van der Waals surface area contributed by atoms with Crippen molar-refractivity contribution in [1.29, 1.82) is 0 Å². The van der Waals surface area contributed by atoms with E-state index in [2.05, 4.69) is 25.3 Å². The van der Waals surface area contributed by atoms with Gasteiger partial charge in [-0.25, -0.2) is 9.97 Å². The van der Waals surface area contributed by atoms with Crippen LogP contribution in [-0.2, 0) is 4.84 Å². The number of nitrogens with one attached hydrogen (secondary N) is 1. The fraction of sp³-hybridized carbons (Fsp3) is 0.154. The van der Waals surface area contributed by atoms with Crippen molar-refractivity contribution in [3.05, 3.63) is 47.8 Å². The Morgan fingerprint density at radius 1 is 1.22 bits per heavy atom. The van der Waals surface area contributed by atoms with Crippen LogP contribution in [0.2, 0.25) is 0 Å². The molecule has 1 aromatic heterocycles. The van der Waals surface area contributed by atoms with Crippen molar-refractivity contribution in [3.8, 4) is 0 Å². The fourth-order valence-corrected chi connectivity index (χ4v) is 1.47. The summed E-state index contributed by atoms with van der Waals surface area (Å²) in [7, 11) is 1.49. The van der Waals surface area contributed by atoms with Crippen molar-refractivity contribution in [2.45, 2.75) is 6.92 Å². The minimum Gasteiger partial charge on any atom is -0.399 e. The van der Waals surface area contributed by atoms with Gasteiger partial charge in [-0.05, 0) is 25.1 Å². The molecule has 0 saturated heterocycles. The smallest absolute Gasteiger partial charge is 0.228 e. The Balaban J connectivity index is 2.23. The molecule has 0 aliphatic heterocycles. The average molecular weight is 242 g/mol. The minimum absolute atomic E-state index is 0.541. The average Bonchev–Trinajstić information content (AvgIpc) is 2.37. The molecule has 0 amide bonds. The molecule has 92 valence electrons. The van der Waals surface area contributed by atoms with Crippen LogP contribution in [0.4, 0.5) is 11.6 Å². The zero-order chi connectivity index (χ0) is 12.8. The fourth-order valence-electron chi connectivity index (χ4n) is 1.47. The van der Waals surface area contributed by atoms with Gasteiger partial charge in [-0.15, -0.1) is 0 Å². The maximum atomic E-state index is 4.63. The van der Waals surface area contributed by atoms with E-state index in [1.165, 1.54) is 7.11 Å². The van der Waals surface area contributed by atoms with E-state index < -0.39 is 0 Å². The Labute approximate surface area is 106 Å². The highest BCUT2D eigenvalue weighted by atomic mass is 16.6. The van der Waals surface area contributed by atoms with E-state index in [9.17, 15) is 0 Å². The molecule has 0 aliphatic rings. The first-order valence-corrected chi connectivity index (χ1v) is 5.52. The predicted octanol–water partition coefficient (Wildman–Crippen LogP) is 2.51. The van der Waals surface area contributed by atoms with Gasteiger partial charge in [-0.2, -0.15) is 0 Å². The summed E-state index contributed by atoms with van der Waals surface area (Å²) in [5, 5.41) is 6.83. The van der Waals surface area contributed by atoms with Gasteiger partial charge < -0.3 is 10.2 Å². The van der Waals surface area contributed by atoms with E-state index in [0.29, 0.717) is 11.6 Å². The van der Waals surface area contributed by atoms with E-state index >= 15 is 0 Å². The summed E-state index contributed by atoms with van der Waals surface area (Å²) in [6, 6.07) is 11.6. The molecule has 0 aliphatic carbocycles. The van der Waals surface area contributed by atoms with Gasteiger partial charge in [-0.3, -0.25) is 0 Å². The number of para-hydroxylation sites is 1. The van der Waals surface area contributed by atoms with Gasteiger partial charge in [0, 0.05) is 11.4 Å². The SMILES string of the molecule is CON=Cc1cc(C)nc(Nc2ccccc2)n1. The molecule has 18 heavy (non-hydrogen) atoms. The number of hydrogen-bond donors (Lipinski definition) is 1. The van der Waals surface area contributed by atoms with Crippen molar-refractivity contribution in [2.75, 3.05) is 12.4 Å². The standard InChI is InChI=1S/C13H14N4O/c1-10-8-12(9-14-18-2)17-13(15-10)16-11-6-4-3-5-7-11/h3-9H,1-2H3,(H,15,16,17). The summed E-state index contributed by atoms with van der Waals surface area (Å²) in [5.41, 5.74) is 2.50. The molecule has 0 unspecified atom stereocenters. The molecule has 1 aromatic carbocycles. The molecular formula is C13H14N4O. The van der Waals surface area contributed by atoms with Crippen molar-refractivity contribution in [3.63, 3.8) is 0 Å². The number of oxime groups is 1. The lowest BCUT2D eigenvalue weighted by Crippen LogP contribution is -2.01. The molecule has 2 aromatic rings. The van der Waals surface area contributed by atoms with Crippen LogP contribution in [0.5, 0.6) is 0 Å². The van der Waals surface area contributed by atoms with E-state index in [1.54, 1.807) is 6.21 Å². The summed E-state index contributed by atoms with van der Waals surface area (Å²) >= 11 is 0. The number of hydrogen-bond acceptors (Lipinski definition) is 5. The van der Waals surface area contributed by atoms with Crippen molar-refractivity contribution in [1.82, 2.24) is 9.97 Å². The lowest BCUT2D eigenvalue weighted by Gasteiger charge is -2.05. The number of aryl methyl sites for hydroxylation is 1. The van der Waals surface area contributed by atoms with E-state index in [4.69, 9.17) is 0 Å². The Kier molecular flexibility index (Phi) is 3.86. The van der Waals surface area contributed by atoms with Crippen LogP contribution in [0.1, 0.15) is 11.4 Å². The van der Waals surface area contributed by atoms with Gasteiger partial charge in [0.1, 0.15) is 7.11 Å². The van der Waals surface area contributed by atoms with Crippen LogP contribution < -0.4 is 5.32 Å². The van der Waals surface area contributed by atoms with Crippen molar-refractivity contribution >= 4 is 17.9 Å².